The van der Waals surface area contributed by atoms with Gasteiger partial charge in [-0.15, -0.1) is 5.06 Å². The number of benzene rings is 2. The Morgan fingerprint density at radius 2 is 1.70 bits per heavy atom. The quantitative estimate of drug-likeness (QED) is 0.848. The summed E-state index contributed by atoms with van der Waals surface area (Å²) in [5.41, 5.74) is 1.25. The first-order valence-electron chi connectivity index (χ1n) is 7.01. The molecular weight excluding hydrogens is 250 g/mol. The van der Waals surface area contributed by atoms with Gasteiger partial charge in [-0.25, -0.2) is 0 Å². The summed E-state index contributed by atoms with van der Waals surface area (Å²) in [6.45, 7) is 3.77. The van der Waals surface area contributed by atoms with Crippen molar-refractivity contribution in [2.45, 2.75) is 19.4 Å². The number of nitrogens with zero attached hydrogens (tertiary/aromatic N) is 1. The average molecular weight is 269 g/mol. The lowest BCUT2D eigenvalue weighted by molar-refractivity contribution is -0.0424. The van der Waals surface area contributed by atoms with Gasteiger partial charge >= 0.3 is 0 Å². The average Bonchev–Trinajstić information content (AvgIpc) is 2.90. The van der Waals surface area contributed by atoms with Crippen molar-refractivity contribution >= 4 is 0 Å². The van der Waals surface area contributed by atoms with Gasteiger partial charge in [-0.3, -0.25) is 0 Å². The largest absolute Gasteiger partial charge is 0.489 e. The summed E-state index contributed by atoms with van der Waals surface area (Å²) in [6, 6.07) is 18.1. The molecule has 2 aromatic rings. The summed E-state index contributed by atoms with van der Waals surface area (Å²) in [7, 11) is 0. The monoisotopic (exact) mass is 269 g/mol. The number of ether oxygens (including phenoxy) is 1. The zero-order valence-electron chi connectivity index (χ0n) is 11.7. The van der Waals surface area contributed by atoms with Gasteiger partial charge in [0.05, 0.1) is 6.54 Å². The smallest absolute Gasteiger partial charge is 0.147 e. The predicted molar refractivity (Wildman–Crippen MR) is 78.9 cm³/mol. The molecule has 3 rings (SSSR count). The molecule has 1 saturated heterocycles. The summed E-state index contributed by atoms with van der Waals surface area (Å²) in [5, 5.41) is 1.97. The Kier molecular flexibility index (Phi) is 3.88. The zero-order valence-corrected chi connectivity index (χ0v) is 11.7. The van der Waals surface area contributed by atoms with Crippen LogP contribution in [0.3, 0.4) is 0 Å². The Bertz CT molecular complexity index is 539. The van der Waals surface area contributed by atoms with Crippen LogP contribution in [0.2, 0.25) is 0 Å². The van der Waals surface area contributed by atoms with Crippen LogP contribution in [0.1, 0.15) is 12.0 Å². The van der Waals surface area contributed by atoms with Crippen molar-refractivity contribution in [3.8, 4) is 11.5 Å². The van der Waals surface area contributed by atoms with E-state index in [1.54, 1.807) is 0 Å². The van der Waals surface area contributed by atoms with Gasteiger partial charge in [0, 0.05) is 13.0 Å². The first-order chi connectivity index (χ1) is 9.79. The van der Waals surface area contributed by atoms with E-state index in [1.165, 1.54) is 5.56 Å². The van der Waals surface area contributed by atoms with Gasteiger partial charge in [-0.05, 0) is 31.2 Å². The zero-order chi connectivity index (χ0) is 13.8. The normalized spacial score (nSPS) is 18.9. The first kappa shape index (κ1) is 13.0. The van der Waals surface area contributed by atoms with Crippen molar-refractivity contribution < 1.29 is 9.57 Å². The molecule has 1 heterocycles. The van der Waals surface area contributed by atoms with E-state index in [0.717, 1.165) is 31.0 Å². The van der Waals surface area contributed by atoms with Gasteiger partial charge < -0.3 is 9.57 Å². The molecular formula is C17H19NO2. The summed E-state index contributed by atoms with van der Waals surface area (Å²) in [5.74, 6) is 1.81. The second-order valence-electron chi connectivity index (χ2n) is 5.13. The summed E-state index contributed by atoms with van der Waals surface area (Å²) in [6.07, 6.45) is 1.18. The fourth-order valence-electron chi connectivity index (χ4n) is 2.32. The van der Waals surface area contributed by atoms with E-state index >= 15 is 0 Å². The molecule has 0 spiro atoms. The Morgan fingerprint density at radius 1 is 0.950 bits per heavy atom. The van der Waals surface area contributed by atoms with E-state index in [1.807, 2.05) is 47.5 Å². The van der Waals surface area contributed by atoms with Crippen molar-refractivity contribution in [3.63, 3.8) is 0 Å². The van der Waals surface area contributed by atoms with Gasteiger partial charge in [-0.1, -0.05) is 35.9 Å². The van der Waals surface area contributed by atoms with E-state index in [0.29, 0.717) is 0 Å². The van der Waals surface area contributed by atoms with Crippen LogP contribution in [-0.4, -0.2) is 24.3 Å². The Balaban J connectivity index is 1.53. The standard InChI is InChI=1S/C17H19NO2/c1-14-7-9-15(10-8-14)19-17-11-12-18(13-17)20-16-5-3-2-4-6-16/h2-10,17H,11-13H2,1H3. The summed E-state index contributed by atoms with van der Waals surface area (Å²) in [4.78, 5) is 5.82. The molecule has 1 aliphatic rings. The third-order valence-corrected chi connectivity index (χ3v) is 3.41. The molecule has 0 saturated carbocycles. The highest BCUT2D eigenvalue weighted by atomic mass is 16.7. The van der Waals surface area contributed by atoms with E-state index < -0.39 is 0 Å². The summed E-state index contributed by atoms with van der Waals surface area (Å²) >= 11 is 0. The van der Waals surface area contributed by atoms with Gasteiger partial charge in [0.25, 0.3) is 0 Å². The molecule has 0 bridgehead atoms. The highest BCUT2D eigenvalue weighted by Crippen LogP contribution is 2.20. The number of hydroxylamine groups is 2. The molecule has 20 heavy (non-hydrogen) atoms. The maximum atomic E-state index is 5.98. The van der Waals surface area contributed by atoms with Crippen molar-refractivity contribution in [3.05, 3.63) is 60.2 Å². The molecule has 1 unspecified atom stereocenters. The number of hydrogen-bond donors (Lipinski definition) is 0. The number of rotatable bonds is 4. The number of para-hydroxylation sites is 1. The highest BCUT2D eigenvalue weighted by molar-refractivity contribution is 5.26. The second-order valence-corrected chi connectivity index (χ2v) is 5.13. The van der Waals surface area contributed by atoms with E-state index in [2.05, 4.69) is 19.1 Å². The first-order valence-corrected chi connectivity index (χ1v) is 7.01. The van der Waals surface area contributed by atoms with Crippen LogP contribution < -0.4 is 9.57 Å². The molecule has 104 valence electrons. The maximum absolute atomic E-state index is 5.98. The third kappa shape index (κ3) is 3.31. The predicted octanol–water partition coefficient (Wildman–Crippen LogP) is 3.44. The molecule has 0 N–H and O–H groups in total. The summed E-state index contributed by atoms with van der Waals surface area (Å²) < 4.78 is 5.98. The van der Waals surface area contributed by atoms with Crippen molar-refractivity contribution in [1.82, 2.24) is 5.06 Å². The van der Waals surface area contributed by atoms with E-state index in [4.69, 9.17) is 9.57 Å². The lowest BCUT2D eigenvalue weighted by Gasteiger charge is -2.17. The lowest BCUT2D eigenvalue weighted by Crippen LogP contribution is -2.27. The van der Waals surface area contributed by atoms with E-state index in [9.17, 15) is 0 Å². The molecule has 0 amide bonds. The minimum atomic E-state index is 0.196. The maximum Gasteiger partial charge on any atom is 0.147 e. The Hall–Kier alpha value is -2.00. The van der Waals surface area contributed by atoms with Gasteiger partial charge in [0.1, 0.15) is 17.6 Å². The van der Waals surface area contributed by atoms with Gasteiger partial charge in [0.15, 0.2) is 0 Å². The Labute approximate surface area is 119 Å². The molecule has 0 aromatic heterocycles. The van der Waals surface area contributed by atoms with Crippen molar-refractivity contribution in [2.75, 3.05) is 13.1 Å². The van der Waals surface area contributed by atoms with E-state index in [-0.39, 0.29) is 6.10 Å². The molecule has 1 atom stereocenters. The number of hydrogen-bond acceptors (Lipinski definition) is 3. The minimum absolute atomic E-state index is 0.196. The number of aryl methyl sites for hydroxylation is 1. The van der Waals surface area contributed by atoms with Crippen LogP contribution in [0.4, 0.5) is 0 Å². The molecule has 3 nitrogen and oxygen atoms in total. The Morgan fingerprint density at radius 3 is 2.45 bits per heavy atom. The highest BCUT2D eigenvalue weighted by Gasteiger charge is 2.25. The van der Waals surface area contributed by atoms with Crippen LogP contribution in [0.15, 0.2) is 54.6 Å². The molecule has 1 aliphatic heterocycles. The molecule has 1 fully saturated rings. The third-order valence-electron chi connectivity index (χ3n) is 3.41. The van der Waals surface area contributed by atoms with Crippen LogP contribution in [0.25, 0.3) is 0 Å². The van der Waals surface area contributed by atoms with Crippen molar-refractivity contribution in [1.29, 1.82) is 0 Å². The SMILES string of the molecule is Cc1ccc(OC2CCN(Oc3ccccc3)C2)cc1. The molecule has 3 heteroatoms. The molecule has 2 aromatic carbocycles. The molecule has 0 aliphatic carbocycles. The second kappa shape index (κ2) is 5.97. The van der Waals surface area contributed by atoms with Crippen LogP contribution in [0.5, 0.6) is 11.5 Å². The van der Waals surface area contributed by atoms with Crippen molar-refractivity contribution in [2.24, 2.45) is 0 Å². The molecule has 0 radical (unpaired) electrons. The topological polar surface area (TPSA) is 21.7 Å². The lowest BCUT2D eigenvalue weighted by atomic mass is 10.2. The van der Waals surface area contributed by atoms with Crippen LogP contribution in [-0.2, 0) is 0 Å². The fourth-order valence-corrected chi connectivity index (χ4v) is 2.32. The van der Waals surface area contributed by atoms with Gasteiger partial charge in [-0.2, -0.15) is 0 Å². The fraction of sp³-hybridized carbons (Fsp3) is 0.294. The minimum Gasteiger partial charge on any atom is -0.489 e. The van der Waals surface area contributed by atoms with Crippen LogP contribution >= 0.6 is 0 Å². The van der Waals surface area contributed by atoms with Crippen LogP contribution in [0, 0.1) is 6.92 Å². The van der Waals surface area contributed by atoms with Gasteiger partial charge in [0.2, 0.25) is 0 Å².